The van der Waals surface area contributed by atoms with E-state index in [1.807, 2.05) is 43.3 Å². The molecule has 6 heteroatoms. The van der Waals surface area contributed by atoms with E-state index in [2.05, 4.69) is 0 Å². The molecule has 3 aromatic rings. The lowest BCUT2D eigenvalue weighted by molar-refractivity contribution is 0.470. The highest BCUT2D eigenvalue weighted by molar-refractivity contribution is 7.87. The minimum absolute atomic E-state index is 0.0126. The molecule has 0 saturated heterocycles. The van der Waals surface area contributed by atoms with Crippen molar-refractivity contribution < 1.29 is 17.3 Å². The molecule has 0 aliphatic carbocycles. The van der Waals surface area contributed by atoms with Gasteiger partial charge in [0.2, 0.25) is 0 Å². The van der Waals surface area contributed by atoms with Gasteiger partial charge >= 0.3 is 10.1 Å². The summed E-state index contributed by atoms with van der Waals surface area (Å²) >= 11 is 0. The molecule has 0 fully saturated rings. The van der Waals surface area contributed by atoms with Crippen molar-refractivity contribution in [1.82, 2.24) is 0 Å². The van der Waals surface area contributed by atoms with E-state index >= 15 is 0 Å². The smallest absolute Gasteiger partial charge is 0.309 e. The van der Waals surface area contributed by atoms with Gasteiger partial charge in [-0.25, -0.2) is 0 Å². The quantitative estimate of drug-likeness (QED) is 0.405. The van der Waals surface area contributed by atoms with Crippen LogP contribution in [0.3, 0.4) is 0 Å². The number of fused-ring (bicyclic) bond motifs is 1. The predicted octanol–water partition coefficient (Wildman–Crippen LogP) is 4.99. The van der Waals surface area contributed by atoms with E-state index in [4.69, 9.17) is 14.7 Å². The minimum atomic E-state index is -3.61. The van der Waals surface area contributed by atoms with E-state index in [1.165, 1.54) is 0 Å². The fourth-order valence-electron chi connectivity index (χ4n) is 2.95. The Morgan fingerprint density at radius 2 is 1.71 bits per heavy atom. The average Bonchev–Trinajstić information content (AvgIpc) is 2.68. The molecular weight excluding hydrogens is 374 g/mol. The Bertz CT molecular complexity index is 1050. The molecule has 0 aromatic heterocycles. The molecule has 0 aliphatic heterocycles. The van der Waals surface area contributed by atoms with Crippen molar-refractivity contribution in [3.8, 4) is 17.2 Å². The van der Waals surface area contributed by atoms with Crippen molar-refractivity contribution in [2.24, 2.45) is 5.73 Å². The molecule has 0 spiro atoms. The summed E-state index contributed by atoms with van der Waals surface area (Å²) in [7, 11) is -3.61. The van der Waals surface area contributed by atoms with Crippen LogP contribution in [0, 0.1) is 0 Å². The number of unbranched alkanes of at least 4 members (excludes halogenated alkanes) is 2. The fraction of sp³-hybridized carbons (Fsp3) is 0.273. The van der Waals surface area contributed by atoms with Crippen molar-refractivity contribution in [3.05, 3.63) is 66.2 Å². The van der Waals surface area contributed by atoms with E-state index in [0.717, 1.165) is 29.2 Å². The van der Waals surface area contributed by atoms with Gasteiger partial charge in [0.05, 0.1) is 5.75 Å². The second kappa shape index (κ2) is 9.08. The third-order valence-electron chi connectivity index (χ3n) is 4.39. The molecule has 0 atom stereocenters. The summed E-state index contributed by atoms with van der Waals surface area (Å²) in [4.78, 5) is 0. The van der Waals surface area contributed by atoms with Crippen LogP contribution in [0.2, 0.25) is 0 Å². The fourth-order valence-corrected chi connectivity index (χ4v) is 3.99. The van der Waals surface area contributed by atoms with Crippen molar-refractivity contribution in [2.45, 2.75) is 32.7 Å². The Morgan fingerprint density at radius 3 is 2.50 bits per heavy atom. The lowest BCUT2D eigenvalue weighted by Gasteiger charge is -2.11. The lowest BCUT2D eigenvalue weighted by atomic mass is 10.1. The number of nitrogens with two attached hydrogens (primary N) is 1. The van der Waals surface area contributed by atoms with Crippen molar-refractivity contribution in [2.75, 3.05) is 5.75 Å². The van der Waals surface area contributed by atoms with E-state index in [9.17, 15) is 8.42 Å². The second-order valence-electron chi connectivity index (χ2n) is 6.64. The zero-order valence-electron chi connectivity index (χ0n) is 15.9. The molecule has 2 N–H and O–H groups in total. The third kappa shape index (κ3) is 5.24. The van der Waals surface area contributed by atoms with Crippen LogP contribution in [-0.2, 0) is 16.7 Å². The topological polar surface area (TPSA) is 78.6 Å². The first-order valence-electron chi connectivity index (χ1n) is 9.42. The maximum Gasteiger partial charge on any atom is 0.309 e. The van der Waals surface area contributed by atoms with Gasteiger partial charge in [0.25, 0.3) is 0 Å². The zero-order valence-corrected chi connectivity index (χ0v) is 16.7. The summed E-state index contributed by atoms with van der Waals surface area (Å²) in [5.74, 6) is 1.46. The van der Waals surface area contributed by atoms with E-state index in [1.54, 1.807) is 24.3 Å². The van der Waals surface area contributed by atoms with E-state index < -0.39 is 10.1 Å². The summed E-state index contributed by atoms with van der Waals surface area (Å²) in [5, 5.41) is 1.99. The second-order valence-corrected chi connectivity index (χ2v) is 8.34. The van der Waals surface area contributed by atoms with Crippen LogP contribution in [0.25, 0.3) is 10.8 Å². The SMILES string of the molecule is CCCCCS(=O)(=O)Oc1cccc(Oc2cccc3cc(CN)ccc23)c1. The minimum Gasteiger partial charge on any atom is -0.457 e. The molecule has 148 valence electrons. The van der Waals surface area contributed by atoms with Gasteiger partial charge in [0, 0.05) is 18.0 Å². The van der Waals surface area contributed by atoms with Crippen molar-refractivity contribution in [1.29, 1.82) is 0 Å². The van der Waals surface area contributed by atoms with Crippen LogP contribution in [0.4, 0.5) is 0 Å². The van der Waals surface area contributed by atoms with Gasteiger partial charge in [-0.2, -0.15) is 8.42 Å². The molecule has 5 nitrogen and oxygen atoms in total. The zero-order chi connectivity index (χ0) is 20.0. The molecule has 28 heavy (non-hydrogen) atoms. The normalized spacial score (nSPS) is 11.5. The van der Waals surface area contributed by atoms with Gasteiger partial charge in [0.15, 0.2) is 0 Å². The van der Waals surface area contributed by atoms with Crippen LogP contribution >= 0.6 is 0 Å². The Balaban J connectivity index is 1.79. The maximum atomic E-state index is 12.1. The molecular formula is C22H25NO4S. The number of ether oxygens (including phenoxy) is 1. The molecule has 0 unspecified atom stereocenters. The highest BCUT2D eigenvalue weighted by Crippen LogP contribution is 2.32. The van der Waals surface area contributed by atoms with Crippen LogP contribution in [0.15, 0.2) is 60.7 Å². The Morgan fingerprint density at radius 1 is 0.929 bits per heavy atom. The van der Waals surface area contributed by atoms with Gasteiger partial charge in [-0.15, -0.1) is 0 Å². The number of hydrogen-bond acceptors (Lipinski definition) is 5. The first kappa shape index (κ1) is 20.2. The van der Waals surface area contributed by atoms with E-state index in [-0.39, 0.29) is 11.5 Å². The average molecular weight is 400 g/mol. The lowest BCUT2D eigenvalue weighted by Crippen LogP contribution is -2.13. The highest BCUT2D eigenvalue weighted by Gasteiger charge is 2.13. The Kier molecular flexibility index (Phi) is 6.54. The first-order valence-corrected chi connectivity index (χ1v) is 11.0. The largest absolute Gasteiger partial charge is 0.457 e. The molecule has 0 bridgehead atoms. The molecule has 3 rings (SSSR count). The van der Waals surface area contributed by atoms with Crippen LogP contribution in [0.1, 0.15) is 31.7 Å². The monoisotopic (exact) mass is 399 g/mol. The van der Waals surface area contributed by atoms with Crippen molar-refractivity contribution >= 4 is 20.9 Å². The first-order chi connectivity index (χ1) is 13.5. The number of rotatable bonds is 9. The molecule has 0 heterocycles. The van der Waals surface area contributed by atoms with Gasteiger partial charge in [-0.3, -0.25) is 0 Å². The maximum absolute atomic E-state index is 12.1. The number of benzene rings is 3. The van der Waals surface area contributed by atoms with Gasteiger partial charge in [0.1, 0.15) is 17.2 Å². The Hall–Kier alpha value is -2.57. The molecule has 3 aromatic carbocycles. The van der Waals surface area contributed by atoms with Gasteiger partial charge in [-0.05, 0) is 41.6 Å². The van der Waals surface area contributed by atoms with Crippen LogP contribution in [0.5, 0.6) is 17.2 Å². The van der Waals surface area contributed by atoms with Crippen LogP contribution < -0.4 is 14.7 Å². The van der Waals surface area contributed by atoms with Gasteiger partial charge in [-0.1, -0.05) is 50.1 Å². The molecule has 0 saturated carbocycles. The summed E-state index contributed by atoms with van der Waals surface area (Å²) < 4.78 is 35.4. The summed E-state index contributed by atoms with van der Waals surface area (Å²) in [6, 6.07) is 18.5. The summed E-state index contributed by atoms with van der Waals surface area (Å²) in [5.41, 5.74) is 6.76. The summed E-state index contributed by atoms with van der Waals surface area (Å²) in [6.45, 7) is 2.51. The van der Waals surface area contributed by atoms with Gasteiger partial charge < -0.3 is 14.7 Å². The standard InChI is InChI=1S/C22H25NO4S/c1-2-3-4-13-28(24,25)27-20-9-6-8-19(15-20)26-22-10-5-7-18-14-17(16-23)11-12-21(18)22/h5-12,14-15H,2-4,13,16,23H2,1H3. The van der Waals surface area contributed by atoms with Crippen molar-refractivity contribution in [3.63, 3.8) is 0 Å². The molecule has 0 aliphatic rings. The molecule has 0 amide bonds. The Labute approximate surface area is 166 Å². The number of hydrogen-bond donors (Lipinski definition) is 1. The van der Waals surface area contributed by atoms with Crippen LogP contribution in [-0.4, -0.2) is 14.2 Å². The van der Waals surface area contributed by atoms with E-state index in [0.29, 0.717) is 24.5 Å². The predicted molar refractivity (Wildman–Crippen MR) is 112 cm³/mol. The molecule has 0 radical (unpaired) electrons. The summed E-state index contributed by atoms with van der Waals surface area (Å²) in [6.07, 6.45) is 2.41. The third-order valence-corrected chi connectivity index (χ3v) is 5.63. The highest BCUT2D eigenvalue weighted by atomic mass is 32.2.